The smallest absolute Gasteiger partial charge is 0.264 e. The highest BCUT2D eigenvalue weighted by Gasteiger charge is 2.36. The molecular formula is C16H17FN2OS. The molecule has 21 heavy (non-hydrogen) atoms. The quantitative estimate of drug-likeness (QED) is 0.878. The van der Waals surface area contributed by atoms with E-state index in [0.29, 0.717) is 16.8 Å². The van der Waals surface area contributed by atoms with Crippen molar-refractivity contribution in [3.8, 4) is 0 Å². The second-order valence-electron chi connectivity index (χ2n) is 5.97. The van der Waals surface area contributed by atoms with Gasteiger partial charge in [-0.25, -0.2) is 4.39 Å². The van der Waals surface area contributed by atoms with Crippen LogP contribution in [-0.2, 0) is 0 Å². The van der Waals surface area contributed by atoms with Gasteiger partial charge in [-0.15, -0.1) is 11.3 Å². The third-order valence-corrected chi connectivity index (χ3v) is 5.67. The molecule has 110 valence electrons. The highest BCUT2D eigenvalue weighted by atomic mass is 32.1. The Balaban J connectivity index is 1.58. The zero-order valence-electron chi connectivity index (χ0n) is 11.6. The first-order valence-electron chi connectivity index (χ1n) is 7.42. The molecule has 3 heterocycles. The first kappa shape index (κ1) is 13.2. The van der Waals surface area contributed by atoms with Gasteiger partial charge in [-0.1, -0.05) is 6.07 Å². The standard InChI is InChI=1S/C16H17FN2OS/c17-12-4-3-10-6-15(21-14(10)7-12)16(20)19-8-11-2-1-5-18-13(11)9-19/h3-4,6-7,11,13,18H,1-2,5,8-9H2. The van der Waals surface area contributed by atoms with Crippen molar-refractivity contribution < 1.29 is 9.18 Å². The summed E-state index contributed by atoms with van der Waals surface area (Å²) in [5.74, 6) is 0.432. The van der Waals surface area contributed by atoms with Crippen LogP contribution in [0.4, 0.5) is 4.39 Å². The molecular weight excluding hydrogens is 287 g/mol. The van der Waals surface area contributed by atoms with E-state index in [0.717, 1.165) is 29.7 Å². The van der Waals surface area contributed by atoms with E-state index >= 15 is 0 Å². The minimum absolute atomic E-state index is 0.0906. The van der Waals surface area contributed by atoms with Crippen molar-refractivity contribution in [3.63, 3.8) is 0 Å². The molecule has 1 aromatic heterocycles. The molecule has 1 aromatic carbocycles. The van der Waals surface area contributed by atoms with E-state index in [2.05, 4.69) is 5.32 Å². The van der Waals surface area contributed by atoms with Crippen LogP contribution in [0.3, 0.4) is 0 Å². The third kappa shape index (κ3) is 2.34. The minimum Gasteiger partial charge on any atom is -0.336 e. The van der Waals surface area contributed by atoms with Gasteiger partial charge >= 0.3 is 0 Å². The predicted molar refractivity (Wildman–Crippen MR) is 82.2 cm³/mol. The van der Waals surface area contributed by atoms with Gasteiger partial charge in [0.05, 0.1) is 4.88 Å². The number of hydrogen-bond donors (Lipinski definition) is 1. The van der Waals surface area contributed by atoms with E-state index in [1.54, 1.807) is 6.07 Å². The number of likely N-dealkylation sites (tertiary alicyclic amines) is 1. The van der Waals surface area contributed by atoms with Gasteiger partial charge in [0, 0.05) is 23.8 Å². The van der Waals surface area contributed by atoms with Crippen LogP contribution in [0.1, 0.15) is 22.5 Å². The molecule has 3 nitrogen and oxygen atoms in total. The van der Waals surface area contributed by atoms with Crippen LogP contribution in [0.15, 0.2) is 24.3 Å². The first-order chi connectivity index (χ1) is 10.2. The lowest BCUT2D eigenvalue weighted by Gasteiger charge is -2.24. The minimum atomic E-state index is -0.250. The monoisotopic (exact) mass is 304 g/mol. The number of nitrogens with one attached hydrogen (secondary N) is 1. The molecule has 2 aliphatic heterocycles. The Hall–Kier alpha value is -1.46. The van der Waals surface area contributed by atoms with Crippen LogP contribution in [0.2, 0.25) is 0 Å². The van der Waals surface area contributed by atoms with E-state index in [1.165, 1.54) is 36.3 Å². The fraction of sp³-hybridized carbons (Fsp3) is 0.438. The maximum Gasteiger partial charge on any atom is 0.264 e. The summed E-state index contributed by atoms with van der Waals surface area (Å²) in [6, 6.07) is 7.02. The highest BCUT2D eigenvalue weighted by molar-refractivity contribution is 7.20. The second-order valence-corrected chi connectivity index (χ2v) is 7.05. The number of benzene rings is 1. The number of piperidine rings is 1. The number of hydrogen-bond acceptors (Lipinski definition) is 3. The molecule has 2 unspecified atom stereocenters. The number of carbonyl (C=O) groups excluding carboxylic acids is 1. The average Bonchev–Trinajstić information content (AvgIpc) is 3.09. The molecule has 2 aromatic rings. The predicted octanol–water partition coefficient (Wildman–Crippen LogP) is 2.86. The molecule has 0 aliphatic carbocycles. The van der Waals surface area contributed by atoms with Gasteiger partial charge in [0.25, 0.3) is 5.91 Å². The summed E-state index contributed by atoms with van der Waals surface area (Å²) in [6.45, 7) is 2.70. The van der Waals surface area contributed by atoms with Crippen molar-refractivity contribution in [2.24, 2.45) is 5.92 Å². The molecule has 2 atom stereocenters. The van der Waals surface area contributed by atoms with Crippen molar-refractivity contribution >= 4 is 27.3 Å². The first-order valence-corrected chi connectivity index (χ1v) is 8.24. The van der Waals surface area contributed by atoms with Gasteiger partial charge in [-0.2, -0.15) is 0 Å². The lowest BCUT2D eigenvalue weighted by molar-refractivity contribution is 0.0790. The van der Waals surface area contributed by atoms with Gasteiger partial charge in [-0.3, -0.25) is 4.79 Å². The molecule has 2 fully saturated rings. The molecule has 0 spiro atoms. The van der Waals surface area contributed by atoms with Crippen molar-refractivity contribution in [3.05, 3.63) is 35.0 Å². The molecule has 0 radical (unpaired) electrons. The van der Waals surface area contributed by atoms with Crippen LogP contribution in [0.5, 0.6) is 0 Å². The SMILES string of the molecule is O=C(c1cc2ccc(F)cc2s1)N1CC2CCCNC2C1. The molecule has 2 saturated heterocycles. The van der Waals surface area contributed by atoms with Crippen molar-refractivity contribution in [1.29, 1.82) is 0 Å². The van der Waals surface area contributed by atoms with Crippen LogP contribution < -0.4 is 5.32 Å². The molecule has 2 aliphatic rings. The number of thiophene rings is 1. The average molecular weight is 304 g/mol. The molecule has 0 saturated carbocycles. The normalized spacial score (nSPS) is 25.3. The Morgan fingerprint density at radius 3 is 3.10 bits per heavy atom. The fourth-order valence-electron chi connectivity index (χ4n) is 3.48. The van der Waals surface area contributed by atoms with Crippen LogP contribution in [0, 0.1) is 11.7 Å². The maximum absolute atomic E-state index is 13.3. The Labute approximate surface area is 126 Å². The van der Waals surface area contributed by atoms with Gasteiger partial charge in [-0.05, 0) is 48.9 Å². The highest BCUT2D eigenvalue weighted by Crippen LogP contribution is 2.30. The second kappa shape index (κ2) is 5.07. The molecule has 1 N–H and O–H groups in total. The van der Waals surface area contributed by atoms with Gasteiger partial charge in [0.15, 0.2) is 0 Å². The Morgan fingerprint density at radius 2 is 2.24 bits per heavy atom. The number of halogens is 1. The lowest BCUT2D eigenvalue weighted by atomic mass is 9.94. The largest absolute Gasteiger partial charge is 0.336 e. The topological polar surface area (TPSA) is 32.3 Å². The van der Waals surface area contributed by atoms with Crippen LogP contribution >= 0.6 is 11.3 Å². The summed E-state index contributed by atoms with van der Waals surface area (Å²) in [7, 11) is 0. The van der Waals surface area contributed by atoms with Crippen LogP contribution in [-0.4, -0.2) is 36.5 Å². The van der Waals surface area contributed by atoms with Gasteiger partial charge < -0.3 is 10.2 Å². The number of carbonyl (C=O) groups is 1. The van der Waals surface area contributed by atoms with E-state index in [-0.39, 0.29) is 11.7 Å². The van der Waals surface area contributed by atoms with E-state index in [9.17, 15) is 9.18 Å². The van der Waals surface area contributed by atoms with Crippen molar-refractivity contribution in [2.75, 3.05) is 19.6 Å². The number of nitrogens with zero attached hydrogens (tertiary/aromatic N) is 1. The lowest BCUT2D eigenvalue weighted by Crippen LogP contribution is -2.41. The van der Waals surface area contributed by atoms with E-state index in [4.69, 9.17) is 0 Å². The summed E-state index contributed by atoms with van der Waals surface area (Å²) >= 11 is 1.39. The molecule has 4 rings (SSSR count). The van der Waals surface area contributed by atoms with Crippen LogP contribution in [0.25, 0.3) is 10.1 Å². The van der Waals surface area contributed by atoms with E-state index < -0.39 is 0 Å². The summed E-state index contributed by atoms with van der Waals surface area (Å²) < 4.78 is 14.1. The molecule has 5 heteroatoms. The number of rotatable bonds is 1. The zero-order chi connectivity index (χ0) is 14.4. The Morgan fingerprint density at radius 1 is 1.33 bits per heavy atom. The molecule has 1 amide bonds. The maximum atomic E-state index is 13.3. The summed E-state index contributed by atoms with van der Waals surface area (Å²) in [6.07, 6.45) is 2.41. The van der Waals surface area contributed by atoms with E-state index in [1.807, 2.05) is 11.0 Å². The summed E-state index contributed by atoms with van der Waals surface area (Å²) in [4.78, 5) is 15.3. The number of amides is 1. The summed E-state index contributed by atoms with van der Waals surface area (Å²) in [5, 5.41) is 4.46. The number of fused-ring (bicyclic) bond motifs is 2. The molecule has 0 bridgehead atoms. The Bertz CT molecular complexity index is 685. The zero-order valence-corrected chi connectivity index (χ0v) is 12.5. The van der Waals surface area contributed by atoms with Gasteiger partial charge in [0.2, 0.25) is 0 Å². The summed E-state index contributed by atoms with van der Waals surface area (Å²) in [5.41, 5.74) is 0. The fourth-order valence-corrected chi connectivity index (χ4v) is 4.53. The van der Waals surface area contributed by atoms with Gasteiger partial charge in [0.1, 0.15) is 5.82 Å². The van der Waals surface area contributed by atoms with Crippen molar-refractivity contribution in [1.82, 2.24) is 10.2 Å². The third-order valence-electron chi connectivity index (χ3n) is 4.58. The van der Waals surface area contributed by atoms with Crippen molar-refractivity contribution in [2.45, 2.75) is 18.9 Å². The Kier molecular flexibility index (Phi) is 3.19.